The Balaban J connectivity index is 1.48. The van der Waals surface area contributed by atoms with Crippen LogP contribution in [0.5, 0.6) is 0 Å². The first-order valence-corrected chi connectivity index (χ1v) is 12.7. The molecule has 0 unspecified atom stereocenters. The smallest absolute Gasteiger partial charge is 0.323 e. The van der Waals surface area contributed by atoms with E-state index in [9.17, 15) is 19.5 Å². The maximum atomic E-state index is 13.7. The van der Waals surface area contributed by atoms with E-state index in [1.165, 1.54) is 4.90 Å². The Kier molecular flexibility index (Phi) is 7.11. The number of para-hydroxylation sites is 1. The average molecular weight is 534 g/mol. The first kappa shape index (κ1) is 26.3. The molecular formula is C31H27N5O4. The molecule has 3 aromatic carbocycles. The van der Waals surface area contributed by atoms with E-state index in [2.05, 4.69) is 9.97 Å². The van der Waals surface area contributed by atoms with Crippen molar-refractivity contribution >= 4 is 51.0 Å². The zero-order valence-electron chi connectivity index (χ0n) is 21.8. The zero-order chi connectivity index (χ0) is 28.4. The molecule has 200 valence electrons. The first-order valence-electron chi connectivity index (χ1n) is 12.7. The van der Waals surface area contributed by atoms with E-state index in [-0.39, 0.29) is 23.6 Å². The third-order valence-electron chi connectivity index (χ3n) is 6.87. The number of carbonyl (C=O) groups is 3. The molecule has 9 nitrogen and oxygen atoms in total. The number of aryl methyl sites for hydroxylation is 2. The Morgan fingerprint density at radius 3 is 2.50 bits per heavy atom. The molecule has 0 atom stereocenters. The molecule has 2 heterocycles. The number of carboxylic acid groups (broad SMARTS) is 1. The topological polar surface area (TPSA) is 153 Å². The van der Waals surface area contributed by atoms with Gasteiger partial charge in [0.15, 0.2) is 5.78 Å². The van der Waals surface area contributed by atoms with Gasteiger partial charge in [0.25, 0.3) is 5.91 Å². The fourth-order valence-electron chi connectivity index (χ4n) is 4.91. The van der Waals surface area contributed by atoms with Crippen LogP contribution in [-0.2, 0) is 11.2 Å². The van der Waals surface area contributed by atoms with Crippen LogP contribution in [0.1, 0.15) is 44.0 Å². The quantitative estimate of drug-likeness (QED) is 0.121. The van der Waals surface area contributed by atoms with Gasteiger partial charge in [-0.15, -0.1) is 0 Å². The highest BCUT2D eigenvalue weighted by molar-refractivity contribution is 6.16. The molecule has 40 heavy (non-hydrogen) atoms. The number of amidine groups is 1. The Labute approximate surface area is 229 Å². The van der Waals surface area contributed by atoms with Crippen LogP contribution in [0.25, 0.3) is 21.8 Å². The SMILES string of the molecule is Cc1[nH]c2ccc(N(CC(=O)O)C(=O)c3cccc4cccnc34)cc2c1C(=O)CCc1ccc(C(=N)N)cc1. The second-order valence-electron chi connectivity index (χ2n) is 9.55. The number of aromatic nitrogens is 2. The van der Waals surface area contributed by atoms with E-state index in [0.29, 0.717) is 45.3 Å². The highest BCUT2D eigenvalue weighted by Gasteiger charge is 2.24. The molecule has 2 aromatic heterocycles. The van der Waals surface area contributed by atoms with E-state index in [1.807, 2.05) is 31.2 Å². The normalized spacial score (nSPS) is 11.0. The number of nitrogens with two attached hydrogens (primary N) is 1. The van der Waals surface area contributed by atoms with Crippen molar-refractivity contribution in [3.05, 3.63) is 107 Å². The van der Waals surface area contributed by atoms with Gasteiger partial charge >= 0.3 is 5.97 Å². The number of ketones is 1. The number of aliphatic carboxylic acids is 1. The summed E-state index contributed by atoms with van der Waals surface area (Å²) in [7, 11) is 0. The molecule has 1 amide bonds. The lowest BCUT2D eigenvalue weighted by Gasteiger charge is -2.22. The molecule has 5 rings (SSSR count). The summed E-state index contributed by atoms with van der Waals surface area (Å²) < 4.78 is 0. The molecule has 0 aliphatic rings. The van der Waals surface area contributed by atoms with E-state index in [1.54, 1.807) is 54.7 Å². The molecule has 0 fully saturated rings. The van der Waals surface area contributed by atoms with E-state index >= 15 is 0 Å². The van der Waals surface area contributed by atoms with Crippen molar-refractivity contribution in [3.8, 4) is 0 Å². The van der Waals surface area contributed by atoms with Crippen LogP contribution in [0.15, 0.2) is 79.0 Å². The number of fused-ring (bicyclic) bond motifs is 2. The van der Waals surface area contributed by atoms with Gasteiger partial charge in [0.1, 0.15) is 12.4 Å². The van der Waals surface area contributed by atoms with Gasteiger partial charge in [0, 0.05) is 51.4 Å². The number of H-pyrrole nitrogens is 1. The summed E-state index contributed by atoms with van der Waals surface area (Å²) in [5, 5.41) is 18.6. The predicted molar refractivity (Wildman–Crippen MR) is 154 cm³/mol. The Morgan fingerprint density at radius 1 is 1.02 bits per heavy atom. The number of carbonyl (C=O) groups excluding carboxylic acids is 2. The molecule has 0 radical (unpaired) electrons. The van der Waals surface area contributed by atoms with Crippen molar-refractivity contribution in [1.82, 2.24) is 9.97 Å². The number of carboxylic acids is 1. The lowest BCUT2D eigenvalue weighted by molar-refractivity contribution is -0.135. The average Bonchev–Trinajstić information content (AvgIpc) is 3.29. The van der Waals surface area contributed by atoms with Crippen molar-refractivity contribution in [1.29, 1.82) is 5.41 Å². The van der Waals surface area contributed by atoms with Crippen molar-refractivity contribution in [3.63, 3.8) is 0 Å². The number of rotatable bonds is 9. The van der Waals surface area contributed by atoms with E-state index in [0.717, 1.165) is 10.9 Å². The minimum Gasteiger partial charge on any atom is -0.480 e. The molecule has 0 aliphatic carbocycles. The summed E-state index contributed by atoms with van der Waals surface area (Å²) in [6.45, 7) is 1.26. The van der Waals surface area contributed by atoms with Gasteiger partial charge < -0.3 is 15.8 Å². The zero-order valence-corrected chi connectivity index (χ0v) is 21.8. The third-order valence-corrected chi connectivity index (χ3v) is 6.87. The Hall–Kier alpha value is -5.31. The summed E-state index contributed by atoms with van der Waals surface area (Å²) in [4.78, 5) is 47.7. The largest absolute Gasteiger partial charge is 0.480 e. The standard InChI is InChI=1S/C31H27N5O4/c1-18-28(26(37)14-9-19-7-10-21(11-8-19)30(32)33)24-16-22(12-13-25(24)35-18)36(17-27(38)39)31(40)23-6-2-4-20-5-3-15-34-29(20)23/h2-8,10-13,15-16,35H,9,14,17H2,1H3,(H3,32,33)(H,38,39). The number of benzene rings is 3. The van der Waals surface area contributed by atoms with Crippen LogP contribution in [0.4, 0.5) is 5.69 Å². The highest BCUT2D eigenvalue weighted by atomic mass is 16.4. The van der Waals surface area contributed by atoms with E-state index in [4.69, 9.17) is 11.1 Å². The second kappa shape index (κ2) is 10.8. The number of pyridine rings is 1. The van der Waals surface area contributed by atoms with Gasteiger partial charge in [0.2, 0.25) is 0 Å². The van der Waals surface area contributed by atoms with Gasteiger partial charge in [0.05, 0.1) is 11.1 Å². The number of aromatic amines is 1. The van der Waals surface area contributed by atoms with Crippen LogP contribution < -0.4 is 10.6 Å². The van der Waals surface area contributed by atoms with Gasteiger partial charge in [-0.3, -0.25) is 29.7 Å². The number of nitrogens with zero attached hydrogens (tertiary/aromatic N) is 2. The predicted octanol–water partition coefficient (Wildman–Crippen LogP) is 4.86. The lowest BCUT2D eigenvalue weighted by atomic mass is 9.99. The van der Waals surface area contributed by atoms with Crippen LogP contribution >= 0.6 is 0 Å². The summed E-state index contributed by atoms with van der Waals surface area (Å²) >= 11 is 0. The molecule has 5 aromatic rings. The van der Waals surface area contributed by atoms with Gasteiger partial charge in [-0.25, -0.2) is 0 Å². The van der Waals surface area contributed by atoms with Crippen LogP contribution in [0, 0.1) is 12.3 Å². The monoisotopic (exact) mass is 533 g/mol. The van der Waals surface area contributed by atoms with Crippen LogP contribution in [0.3, 0.4) is 0 Å². The molecule has 0 aliphatic heterocycles. The Bertz CT molecular complexity index is 1780. The molecule has 0 saturated carbocycles. The number of anilines is 1. The summed E-state index contributed by atoms with van der Waals surface area (Å²) in [6, 6.07) is 21.1. The van der Waals surface area contributed by atoms with Crippen LogP contribution in [-0.4, -0.2) is 45.1 Å². The van der Waals surface area contributed by atoms with Crippen molar-refractivity contribution in [2.75, 3.05) is 11.4 Å². The third kappa shape index (κ3) is 5.17. The van der Waals surface area contributed by atoms with E-state index < -0.39 is 18.4 Å². The fourth-order valence-corrected chi connectivity index (χ4v) is 4.91. The number of hydrogen-bond donors (Lipinski definition) is 4. The van der Waals surface area contributed by atoms with Gasteiger partial charge in [-0.2, -0.15) is 0 Å². The lowest BCUT2D eigenvalue weighted by Crippen LogP contribution is -2.36. The molecule has 0 spiro atoms. The van der Waals surface area contributed by atoms with Gasteiger partial charge in [-0.1, -0.05) is 42.5 Å². The summed E-state index contributed by atoms with van der Waals surface area (Å²) in [5.41, 5.74) is 10.1. The summed E-state index contributed by atoms with van der Waals surface area (Å²) in [6.07, 6.45) is 2.34. The van der Waals surface area contributed by atoms with Crippen LogP contribution in [0.2, 0.25) is 0 Å². The first-order chi connectivity index (χ1) is 19.2. The molecule has 0 bridgehead atoms. The second-order valence-corrected chi connectivity index (χ2v) is 9.55. The molecule has 5 N–H and O–H groups in total. The van der Waals surface area contributed by atoms with Gasteiger partial charge in [-0.05, 0) is 49.2 Å². The van der Waals surface area contributed by atoms with Crippen molar-refractivity contribution < 1.29 is 19.5 Å². The summed E-state index contributed by atoms with van der Waals surface area (Å²) in [5.74, 6) is -1.76. The highest BCUT2D eigenvalue weighted by Crippen LogP contribution is 2.30. The number of Topliss-reactive ketones (excluding diaryl/α,β-unsaturated/α-hetero) is 1. The van der Waals surface area contributed by atoms with Crippen molar-refractivity contribution in [2.24, 2.45) is 5.73 Å². The number of nitrogens with one attached hydrogen (secondary N) is 2. The minimum atomic E-state index is -1.17. The number of amides is 1. The molecule has 0 saturated heterocycles. The number of hydrogen-bond acceptors (Lipinski definition) is 5. The maximum absolute atomic E-state index is 13.7. The minimum absolute atomic E-state index is 0.0139. The molecular weight excluding hydrogens is 506 g/mol. The molecule has 9 heteroatoms. The Morgan fingerprint density at radius 2 is 1.77 bits per heavy atom. The fraction of sp³-hybridized carbons (Fsp3) is 0.129. The van der Waals surface area contributed by atoms with Crippen molar-refractivity contribution in [2.45, 2.75) is 19.8 Å². The number of nitrogen functional groups attached to an aromatic ring is 1. The maximum Gasteiger partial charge on any atom is 0.323 e.